The number of rotatable bonds is 1. The van der Waals surface area contributed by atoms with Crippen LogP contribution in [0.4, 0.5) is 0 Å². The first-order valence-corrected chi connectivity index (χ1v) is 7.28. The van der Waals surface area contributed by atoms with Gasteiger partial charge in [-0.25, -0.2) is 0 Å². The molecule has 0 bridgehead atoms. The molecule has 0 rings (SSSR count). The van der Waals surface area contributed by atoms with Crippen molar-refractivity contribution in [3.63, 3.8) is 0 Å². The first-order chi connectivity index (χ1) is 3.33. The standard InChI is InChI=1S/C3H5Si.2ClH.Ti/c1-3-4-2;;;/h1H2,2H3;2*1H;/q-1;;;+2/p-2. The second kappa shape index (κ2) is 15.7. The Bertz CT molecular complexity index is 34.1. The maximum absolute atomic E-state index is 4.89. The van der Waals surface area contributed by atoms with E-state index < -0.39 is 17.0 Å². The van der Waals surface area contributed by atoms with Gasteiger partial charge in [-0.1, -0.05) is 0 Å². The van der Waals surface area contributed by atoms with Crippen molar-refractivity contribution in [3.05, 3.63) is 12.3 Å². The molecule has 0 aromatic carbocycles. The molecule has 0 aliphatic carbocycles. The monoisotopic (exact) mass is 187 g/mol. The van der Waals surface area contributed by atoms with Crippen molar-refractivity contribution in [3.8, 4) is 0 Å². The van der Waals surface area contributed by atoms with E-state index in [1.165, 1.54) is 0 Å². The predicted molar refractivity (Wildman–Crippen MR) is 32.2 cm³/mol. The third-order valence-electron chi connectivity index (χ3n) is 0.177. The third kappa shape index (κ3) is 39.5. The quantitative estimate of drug-likeness (QED) is 0.436. The Kier molecular flexibility index (Phi) is 24.9. The summed E-state index contributed by atoms with van der Waals surface area (Å²) in [6.45, 7) is 5.40. The van der Waals surface area contributed by atoms with Crippen molar-refractivity contribution in [2.24, 2.45) is 0 Å². The minimum absolute atomic E-state index is 0.556. The van der Waals surface area contributed by atoms with Gasteiger partial charge in [0.1, 0.15) is 0 Å². The van der Waals surface area contributed by atoms with Crippen LogP contribution in [-0.4, -0.2) is 9.52 Å². The first kappa shape index (κ1) is 11.1. The molecule has 0 aromatic heterocycles. The summed E-state index contributed by atoms with van der Waals surface area (Å²) < 4.78 is 0. The zero-order valence-electron chi connectivity index (χ0n) is 3.96. The van der Waals surface area contributed by atoms with Gasteiger partial charge in [0.2, 0.25) is 0 Å². The molecule has 40 valence electrons. The van der Waals surface area contributed by atoms with Gasteiger partial charge in [0.05, 0.1) is 0 Å². The van der Waals surface area contributed by atoms with Gasteiger partial charge < -0.3 is 5.70 Å². The predicted octanol–water partition coefficient (Wildman–Crippen LogP) is 2.06. The van der Waals surface area contributed by atoms with Gasteiger partial charge in [-0.05, 0) is 0 Å². The van der Waals surface area contributed by atoms with Crippen LogP contribution in [0.2, 0.25) is 6.55 Å². The van der Waals surface area contributed by atoms with Crippen LogP contribution in [0.1, 0.15) is 0 Å². The van der Waals surface area contributed by atoms with E-state index in [-0.39, 0.29) is 0 Å². The fourth-order valence-electron chi connectivity index (χ4n) is 0. The molecule has 0 unspecified atom stereocenters. The minimum atomic E-state index is -0.556. The molecule has 0 aliphatic rings. The average Bonchev–Trinajstić information content (AvgIpc) is 1.69. The fourth-order valence-corrected chi connectivity index (χ4v) is 0. The topological polar surface area (TPSA) is 0 Å². The summed E-state index contributed by atoms with van der Waals surface area (Å²) in [5.74, 6) is 0. The average molecular weight is 188 g/mol. The van der Waals surface area contributed by atoms with E-state index in [9.17, 15) is 0 Å². The number of hydrogen-bond acceptors (Lipinski definition) is 0. The summed E-state index contributed by atoms with van der Waals surface area (Å²) in [4.78, 5) is 0. The van der Waals surface area contributed by atoms with E-state index in [1.54, 1.807) is 0 Å². The van der Waals surface area contributed by atoms with Gasteiger partial charge in [0, 0.05) is 0 Å². The fraction of sp³-hybridized carbons (Fsp3) is 0.333. The Morgan fingerprint density at radius 2 is 1.86 bits per heavy atom. The van der Waals surface area contributed by atoms with Crippen molar-refractivity contribution in [1.82, 2.24) is 0 Å². The summed E-state index contributed by atoms with van der Waals surface area (Å²) in [6, 6.07) is 0. The number of halogens is 2. The van der Waals surface area contributed by atoms with E-state index in [4.69, 9.17) is 18.6 Å². The molecule has 0 N–H and O–H groups in total. The normalized spacial score (nSPS) is 5.57. The summed E-state index contributed by atoms with van der Waals surface area (Å²) in [6.07, 6.45) is 0. The van der Waals surface area contributed by atoms with E-state index in [2.05, 4.69) is 12.3 Å². The molecular formula is C3H5Cl2SiTi-. The molecule has 0 amide bonds. The van der Waals surface area contributed by atoms with Crippen LogP contribution < -0.4 is 0 Å². The van der Waals surface area contributed by atoms with Crippen molar-refractivity contribution in [2.45, 2.75) is 6.55 Å². The zero-order chi connectivity index (χ0) is 6.12. The Balaban J connectivity index is 0. The van der Waals surface area contributed by atoms with Gasteiger partial charge in [-0.3, -0.25) is 6.58 Å². The Morgan fingerprint density at radius 3 is 1.86 bits per heavy atom. The van der Waals surface area contributed by atoms with Crippen LogP contribution in [0.5, 0.6) is 0 Å². The van der Waals surface area contributed by atoms with Crippen molar-refractivity contribution in [1.29, 1.82) is 0 Å². The molecule has 0 aromatic rings. The Morgan fingerprint density at radius 1 is 1.71 bits per heavy atom. The van der Waals surface area contributed by atoms with Crippen molar-refractivity contribution >= 4 is 28.1 Å². The van der Waals surface area contributed by atoms with E-state index in [0.29, 0.717) is 0 Å². The maximum atomic E-state index is 4.89. The first-order valence-electron chi connectivity index (χ1n) is 1.48. The van der Waals surface area contributed by atoms with E-state index >= 15 is 0 Å². The summed E-state index contributed by atoms with van der Waals surface area (Å²) in [5.41, 5.74) is 2.71. The van der Waals surface area contributed by atoms with Gasteiger partial charge in [0.25, 0.3) is 0 Å². The second-order valence-corrected chi connectivity index (χ2v) is 3.93. The summed E-state index contributed by atoms with van der Waals surface area (Å²) >= 11 is -0.556. The van der Waals surface area contributed by atoms with Crippen LogP contribution >= 0.6 is 18.6 Å². The number of hydrogen-bond donors (Lipinski definition) is 0. The molecule has 0 aliphatic heterocycles. The van der Waals surface area contributed by atoms with Crippen molar-refractivity contribution < 1.29 is 17.0 Å². The summed E-state index contributed by atoms with van der Waals surface area (Å²) in [5, 5.41) is 0. The van der Waals surface area contributed by atoms with Crippen LogP contribution in [0.15, 0.2) is 6.58 Å². The molecule has 4 heteroatoms. The van der Waals surface area contributed by atoms with Crippen molar-refractivity contribution in [2.75, 3.05) is 0 Å². The van der Waals surface area contributed by atoms with Gasteiger partial charge in [0.15, 0.2) is 0 Å². The zero-order valence-corrected chi connectivity index (χ0v) is 8.04. The molecule has 7 heavy (non-hydrogen) atoms. The van der Waals surface area contributed by atoms with Crippen LogP contribution in [0.3, 0.4) is 0 Å². The molecular weight excluding hydrogens is 183 g/mol. The van der Waals surface area contributed by atoms with Crippen LogP contribution in [0, 0.1) is 5.70 Å². The van der Waals surface area contributed by atoms with E-state index in [1.807, 2.05) is 6.55 Å². The van der Waals surface area contributed by atoms with Crippen LogP contribution in [0.25, 0.3) is 0 Å². The molecule has 2 radical (unpaired) electrons. The molecule has 0 saturated heterocycles. The SMILES string of the molecule is C=[C-][Si]C.[Cl][Ti][Cl]. The summed E-state index contributed by atoms with van der Waals surface area (Å²) in [7, 11) is 10.6. The Hall–Kier alpha value is 1.25. The molecule has 0 fully saturated rings. The third-order valence-corrected chi connectivity index (χ3v) is 0.530. The molecule has 0 nitrogen and oxygen atoms in total. The molecule has 0 heterocycles. The molecule has 0 atom stereocenters. The van der Waals surface area contributed by atoms with Crippen LogP contribution in [-0.2, 0) is 17.0 Å². The second-order valence-electron chi connectivity index (χ2n) is 0.498. The van der Waals surface area contributed by atoms with Gasteiger partial charge in [-0.2, -0.15) is 9.52 Å². The van der Waals surface area contributed by atoms with Gasteiger partial charge >= 0.3 is 35.6 Å². The van der Waals surface area contributed by atoms with Gasteiger partial charge in [-0.15, -0.1) is 6.55 Å². The van der Waals surface area contributed by atoms with E-state index in [0.717, 1.165) is 9.52 Å². The molecule has 0 spiro atoms. The Labute approximate surface area is 63.8 Å². The molecule has 0 saturated carbocycles.